The Morgan fingerprint density at radius 3 is 2.73 bits per heavy atom. The maximum absolute atomic E-state index is 11.7. The molecular formula is C18H24BrNO2. The standard InChI is InChI=1S/C18H24BrNO2/c1-2-3-4-7-13(19)10-11-15(18(21)22)16-12-20-17-9-6-5-8-14(16)17/h5-6,8-9,12-13,15,20H,2-4,7,10-11H2,1H3,(H,21,22). The molecule has 0 spiro atoms. The molecule has 2 aromatic rings. The van der Waals surface area contributed by atoms with Crippen LogP contribution in [0.15, 0.2) is 30.5 Å². The van der Waals surface area contributed by atoms with Crippen LogP contribution >= 0.6 is 15.9 Å². The number of nitrogens with one attached hydrogen (secondary N) is 1. The molecule has 0 amide bonds. The van der Waals surface area contributed by atoms with Crippen molar-refractivity contribution in [1.29, 1.82) is 0 Å². The van der Waals surface area contributed by atoms with E-state index in [-0.39, 0.29) is 0 Å². The number of benzene rings is 1. The van der Waals surface area contributed by atoms with Crippen LogP contribution in [0.1, 0.15) is 56.9 Å². The van der Waals surface area contributed by atoms with E-state index in [9.17, 15) is 9.90 Å². The molecule has 0 saturated heterocycles. The fourth-order valence-electron chi connectivity index (χ4n) is 2.90. The molecule has 3 nitrogen and oxygen atoms in total. The summed E-state index contributed by atoms with van der Waals surface area (Å²) in [5.74, 6) is -1.18. The summed E-state index contributed by atoms with van der Waals surface area (Å²) in [6.45, 7) is 2.20. The first-order valence-corrected chi connectivity index (χ1v) is 8.98. The van der Waals surface area contributed by atoms with Gasteiger partial charge in [-0.1, -0.05) is 60.3 Å². The maximum atomic E-state index is 11.7. The van der Waals surface area contributed by atoms with Crippen molar-refractivity contribution in [3.05, 3.63) is 36.0 Å². The van der Waals surface area contributed by atoms with Crippen LogP contribution in [0.3, 0.4) is 0 Å². The summed E-state index contributed by atoms with van der Waals surface area (Å²) in [5, 5.41) is 10.6. The summed E-state index contributed by atoms with van der Waals surface area (Å²) < 4.78 is 0. The van der Waals surface area contributed by atoms with E-state index in [1.165, 1.54) is 19.3 Å². The first-order chi connectivity index (χ1) is 10.6. The number of hydrogen-bond acceptors (Lipinski definition) is 1. The molecule has 1 aromatic heterocycles. The summed E-state index contributed by atoms with van der Waals surface area (Å²) in [6, 6.07) is 7.89. The Labute approximate surface area is 140 Å². The van der Waals surface area contributed by atoms with Gasteiger partial charge in [-0.05, 0) is 30.9 Å². The van der Waals surface area contributed by atoms with Crippen molar-refractivity contribution >= 4 is 32.8 Å². The molecule has 1 heterocycles. The van der Waals surface area contributed by atoms with Crippen molar-refractivity contribution in [2.45, 2.75) is 56.2 Å². The van der Waals surface area contributed by atoms with E-state index in [4.69, 9.17) is 0 Å². The fourth-order valence-corrected chi connectivity index (χ4v) is 3.49. The summed E-state index contributed by atoms with van der Waals surface area (Å²) in [7, 11) is 0. The van der Waals surface area contributed by atoms with Gasteiger partial charge in [0.25, 0.3) is 0 Å². The summed E-state index contributed by atoms with van der Waals surface area (Å²) in [5.41, 5.74) is 1.90. The number of H-pyrrole nitrogens is 1. The molecule has 0 aliphatic rings. The number of carboxylic acid groups (broad SMARTS) is 1. The van der Waals surface area contributed by atoms with Crippen LogP contribution in [0.25, 0.3) is 10.9 Å². The lowest BCUT2D eigenvalue weighted by molar-refractivity contribution is -0.139. The van der Waals surface area contributed by atoms with E-state index in [2.05, 4.69) is 27.8 Å². The quantitative estimate of drug-likeness (QED) is 0.457. The molecule has 0 bridgehead atoms. The Kier molecular flexibility index (Phi) is 6.49. The molecule has 0 radical (unpaired) electrons. The van der Waals surface area contributed by atoms with Gasteiger partial charge in [-0.3, -0.25) is 4.79 Å². The second-order valence-electron chi connectivity index (χ2n) is 5.85. The zero-order valence-electron chi connectivity index (χ0n) is 13.0. The summed E-state index contributed by atoms with van der Waals surface area (Å²) in [6.07, 6.45) is 8.19. The van der Waals surface area contributed by atoms with Crippen molar-refractivity contribution in [1.82, 2.24) is 4.98 Å². The molecule has 0 aliphatic heterocycles. The van der Waals surface area contributed by atoms with Crippen molar-refractivity contribution in [2.75, 3.05) is 0 Å². The lowest BCUT2D eigenvalue weighted by Gasteiger charge is -2.15. The molecule has 2 atom stereocenters. The second kappa shape index (κ2) is 8.37. The van der Waals surface area contributed by atoms with E-state index < -0.39 is 11.9 Å². The Bertz CT molecular complexity index is 608. The molecule has 2 unspecified atom stereocenters. The van der Waals surface area contributed by atoms with Crippen LogP contribution in [0, 0.1) is 0 Å². The number of hydrogen-bond donors (Lipinski definition) is 2. The number of carboxylic acids is 1. The smallest absolute Gasteiger partial charge is 0.311 e. The minimum atomic E-state index is -0.738. The number of unbranched alkanes of at least 4 members (excludes halogenated alkanes) is 2. The van der Waals surface area contributed by atoms with E-state index >= 15 is 0 Å². The minimum Gasteiger partial charge on any atom is -0.481 e. The monoisotopic (exact) mass is 365 g/mol. The molecule has 0 fully saturated rings. The first kappa shape index (κ1) is 17.1. The number of carbonyl (C=O) groups is 1. The lowest BCUT2D eigenvalue weighted by atomic mass is 9.92. The predicted molar refractivity (Wildman–Crippen MR) is 94.8 cm³/mol. The van der Waals surface area contributed by atoms with Gasteiger partial charge in [-0.2, -0.15) is 0 Å². The number of halogens is 1. The zero-order chi connectivity index (χ0) is 15.9. The van der Waals surface area contributed by atoms with Crippen molar-refractivity contribution in [3.8, 4) is 0 Å². The zero-order valence-corrected chi connectivity index (χ0v) is 14.6. The van der Waals surface area contributed by atoms with Gasteiger partial charge >= 0.3 is 5.97 Å². The first-order valence-electron chi connectivity index (χ1n) is 8.06. The minimum absolute atomic E-state index is 0.408. The maximum Gasteiger partial charge on any atom is 0.311 e. The molecule has 0 saturated carbocycles. The topological polar surface area (TPSA) is 53.1 Å². The highest BCUT2D eigenvalue weighted by Crippen LogP contribution is 2.31. The highest BCUT2D eigenvalue weighted by Gasteiger charge is 2.23. The van der Waals surface area contributed by atoms with Crippen LogP contribution < -0.4 is 0 Å². The van der Waals surface area contributed by atoms with Gasteiger partial charge in [0.1, 0.15) is 0 Å². The molecular weight excluding hydrogens is 342 g/mol. The van der Waals surface area contributed by atoms with Crippen LogP contribution in [-0.2, 0) is 4.79 Å². The van der Waals surface area contributed by atoms with Gasteiger partial charge in [0, 0.05) is 21.9 Å². The van der Waals surface area contributed by atoms with Gasteiger partial charge in [0.15, 0.2) is 0 Å². The van der Waals surface area contributed by atoms with Crippen LogP contribution in [0.4, 0.5) is 0 Å². The van der Waals surface area contributed by atoms with Gasteiger partial charge < -0.3 is 10.1 Å². The average molecular weight is 366 g/mol. The Morgan fingerprint density at radius 2 is 2.00 bits per heavy atom. The second-order valence-corrected chi connectivity index (χ2v) is 7.15. The van der Waals surface area contributed by atoms with E-state index in [1.54, 1.807) is 0 Å². The molecule has 2 rings (SSSR count). The van der Waals surface area contributed by atoms with E-state index in [0.717, 1.165) is 29.3 Å². The molecule has 2 N–H and O–H groups in total. The molecule has 1 aromatic carbocycles. The lowest BCUT2D eigenvalue weighted by Crippen LogP contribution is -2.13. The van der Waals surface area contributed by atoms with Crippen LogP contribution in [-0.4, -0.2) is 20.9 Å². The number of alkyl halides is 1. The summed E-state index contributed by atoms with van der Waals surface area (Å²) >= 11 is 3.70. The highest BCUT2D eigenvalue weighted by molar-refractivity contribution is 9.09. The Hall–Kier alpha value is -1.29. The molecule has 0 aliphatic carbocycles. The van der Waals surface area contributed by atoms with E-state index in [1.807, 2.05) is 30.5 Å². The third-order valence-electron chi connectivity index (χ3n) is 4.18. The van der Waals surface area contributed by atoms with Crippen molar-refractivity contribution in [2.24, 2.45) is 0 Å². The SMILES string of the molecule is CCCCCC(Br)CCC(C(=O)O)c1c[nH]c2ccccc12. The number of fused-ring (bicyclic) bond motifs is 1. The largest absolute Gasteiger partial charge is 0.481 e. The third-order valence-corrected chi connectivity index (χ3v) is 5.10. The number of aliphatic carboxylic acids is 1. The third kappa shape index (κ3) is 4.35. The summed E-state index contributed by atoms with van der Waals surface area (Å²) in [4.78, 5) is 15.3. The van der Waals surface area contributed by atoms with Gasteiger partial charge in [0.05, 0.1) is 5.92 Å². The normalized spacial score (nSPS) is 14.1. The van der Waals surface area contributed by atoms with Crippen LogP contribution in [0.2, 0.25) is 0 Å². The van der Waals surface area contributed by atoms with Crippen LogP contribution in [0.5, 0.6) is 0 Å². The van der Waals surface area contributed by atoms with Gasteiger partial charge in [-0.15, -0.1) is 0 Å². The number of rotatable bonds is 9. The predicted octanol–water partition coefficient (Wildman–Crippen LogP) is 5.46. The number of aromatic nitrogens is 1. The fraction of sp³-hybridized carbons (Fsp3) is 0.500. The van der Waals surface area contributed by atoms with Crippen molar-refractivity contribution < 1.29 is 9.90 Å². The van der Waals surface area contributed by atoms with Gasteiger partial charge in [-0.25, -0.2) is 0 Å². The average Bonchev–Trinajstić information content (AvgIpc) is 2.91. The van der Waals surface area contributed by atoms with Crippen molar-refractivity contribution in [3.63, 3.8) is 0 Å². The Balaban J connectivity index is 2.03. The number of para-hydroxylation sites is 1. The highest BCUT2D eigenvalue weighted by atomic mass is 79.9. The number of aromatic amines is 1. The molecule has 4 heteroatoms. The molecule has 22 heavy (non-hydrogen) atoms. The van der Waals surface area contributed by atoms with E-state index in [0.29, 0.717) is 11.2 Å². The van der Waals surface area contributed by atoms with Gasteiger partial charge in [0.2, 0.25) is 0 Å². The Morgan fingerprint density at radius 1 is 1.23 bits per heavy atom. The molecule has 120 valence electrons.